The Hall–Kier alpha value is -2.83. The number of rotatable bonds is 3. The molecule has 0 aliphatic carbocycles. The number of fused-ring (bicyclic) bond motifs is 1. The van der Waals surface area contributed by atoms with E-state index in [4.69, 9.17) is 4.74 Å². The average molecular weight is 386 g/mol. The number of carbonyl (C=O) groups excluding carboxylic acids is 2. The van der Waals surface area contributed by atoms with Crippen LogP contribution in [0.3, 0.4) is 0 Å². The molecule has 1 saturated heterocycles. The smallest absolute Gasteiger partial charge is 0.356 e. The maximum Gasteiger partial charge on any atom is 0.356 e. The van der Waals surface area contributed by atoms with Crippen molar-refractivity contribution in [2.45, 2.75) is 0 Å². The van der Waals surface area contributed by atoms with Crippen molar-refractivity contribution < 1.29 is 18.9 Å². The summed E-state index contributed by atoms with van der Waals surface area (Å²) in [6.07, 6.45) is 0. The molecule has 2 aromatic carbocycles. The van der Waals surface area contributed by atoms with Gasteiger partial charge in [-0.2, -0.15) is 0 Å². The first-order valence-corrected chi connectivity index (χ1v) is 10.3. The molecular formula is C18H19N4O4P. The van der Waals surface area contributed by atoms with E-state index in [0.717, 1.165) is 0 Å². The van der Waals surface area contributed by atoms with E-state index in [1.807, 2.05) is 6.07 Å². The number of morpholine rings is 1. The Kier molecular flexibility index (Phi) is 4.59. The fourth-order valence-electron chi connectivity index (χ4n) is 3.03. The molecule has 0 aromatic heterocycles. The maximum absolute atomic E-state index is 13.0. The molecule has 2 aliphatic heterocycles. The number of benzene rings is 2. The Bertz CT molecular complexity index is 928. The van der Waals surface area contributed by atoms with E-state index >= 15 is 0 Å². The highest BCUT2D eigenvalue weighted by atomic mass is 31.2. The number of hydrogen-bond donors (Lipinski definition) is 3. The average Bonchev–Trinajstić information content (AvgIpc) is 3.03. The van der Waals surface area contributed by atoms with Crippen LogP contribution in [-0.2, 0) is 9.30 Å². The highest BCUT2D eigenvalue weighted by Crippen LogP contribution is 2.51. The van der Waals surface area contributed by atoms with E-state index in [1.54, 1.807) is 47.4 Å². The molecule has 8 nitrogen and oxygen atoms in total. The zero-order valence-corrected chi connectivity index (χ0v) is 15.4. The third-order valence-corrected chi connectivity index (χ3v) is 6.04. The second-order valence-electron chi connectivity index (χ2n) is 6.30. The zero-order valence-electron chi connectivity index (χ0n) is 14.5. The maximum atomic E-state index is 13.0. The molecule has 0 bridgehead atoms. The Morgan fingerprint density at radius 2 is 1.67 bits per heavy atom. The summed E-state index contributed by atoms with van der Waals surface area (Å²) in [5.41, 5.74) is 2.14. The first-order chi connectivity index (χ1) is 13.0. The van der Waals surface area contributed by atoms with Crippen LogP contribution < -0.4 is 15.3 Å². The Morgan fingerprint density at radius 1 is 0.963 bits per heavy atom. The summed E-state index contributed by atoms with van der Waals surface area (Å²) < 4.78 is 18.2. The van der Waals surface area contributed by atoms with Crippen molar-refractivity contribution in [1.82, 2.24) is 9.99 Å². The molecule has 2 aromatic rings. The first-order valence-electron chi connectivity index (χ1n) is 8.59. The van der Waals surface area contributed by atoms with Gasteiger partial charge in [0.15, 0.2) is 5.78 Å². The number of carbonyl (C=O) groups is 2. The van der Waals surface area contributed by atoms with Gasteiger partial charge in [0.1, 0.15) is 0 Å². The summed E-state index contributed by atoms with van der Waals surface area (Å²) in [6.45, 7) is 1.83. The van der Waals surface area contributed by atoms with E-state index in [1.165, 1.54) is 0 Å². The van der Waals surface area contributed by atoms with Crippen molar-refractivity contribution in [3.63, 3.8) is 0 Å². The van der Waals surface area contributed by atoms with Gasteiger partial charge in [-0.15, -0.1) is 0 Å². The Morgan fingerprint density at radius 3 is 2.41 bits per heavy atom. The molecule has 1 fully saturated rings. The molecule has 1 atom stereocenters. The van der Waals surface area contributed by atoms with Gasteiger partial charge >= 0.3 is 13.6 Å². The lowest BCUT2D eigenvalue weighted by Gasteiger charge is -2.28. The van der Waals surface area contributed by atoms with Crippen LogP contribution in [0, 0.1) is 0 Å². The van der Waals surface area contributed by atoms with Gasteiger partial charge in [0, 0.05) is 24.2 Å². The molecule has 3 N–H and O–H groups in total. The molecule has 0 radical (unpaired) electrons. The molecule has 1 unspecified atom stereocenters. The normalized spacial score (nSPS) is 21.0. The number of amides is 2. The van der Waals surface area contributed by atoms with Gasteiger partial charge in [0.25, 0.3) is 0 Å². The SMILES string of the molecule is O=C(c1ccccc1)c1ccc2c(c1)NP(=O)(NC(=O)N1CCOCC1)N2. The minimum Gasteiger partial charge on any atom is -0.378 e. The second kappa shape index (κ2) is 7.06. The number of nitrogens with zero attached hydrogens (tertiary/aromatic N) is 1. The molecule has 2 aliphatic rings. The largest absolute Gasteiger partial charge is 0.378 e. The highest BCUT2D eigenvalue weighted by molar-refractivity contribution is 7.66. The minimum absolute atomic E-state index is 0.126. The number of urea groups is 1. The molecule has 27 heavy (non-hydrogen) atoms. The number of hydrogen-bond acceptors (Lipinski definition) is 4. The lowest BCUT2D eigenvalue weighted by atomic mass is 10.0. The van der Waals surface area contributed by atoms with Gasteiger partial charge in [-0.3, -0.25) is 14.4 Å². The predicted molar refractivity (Wildman–Crippen MR) is 102 cm³/mol. The molecule has 0 saturated carbocycles. The third kappa shape index (κ3) is 3.67. The number of ketones is 1. The summed E-state index contributed by atoms with van der Waals surface area (Å²) in [7, 11) is -3.39. The van der Waals surface area contributed by atoms with Crippen LogP contribution in [0.25, 0.3) is 0 Å². The van der Waals surface area contributed by atoms with Gasteiger partial charge in [-0.05, 0) is 18.2 Å². The third-order valence-electron chi connectivity index (χ3n) is 4.42. The van der Waals surface area contributed by atoms with E-state index < -0.39 is 13.6 Å². The monoisotopic (exact) mass is 386 g/mol. The number of ether oxygens (including phenoxy) is 1. The predicted octanol–water partition coefficient (Wildman–Crippen LogP) is 2.90. The molecule has 0 spiro atoms. The summed E-state index contributed by atoms with van der Waals surface area (Å²) >= 11 is 0. The topological polar surface area (TPSA) is 99.8 Å². The van der Waals surface area contributed by atoms with Crippen LogP contribution in [0.4, 0.5) is 16.2 Å². The minimum atomic E-state index is -3.39. The first kappa shape index (κ1) is 17.6. The zero-order chi connectivity index (χ0) is 18.9. The van der Waals surface area contributed by atoms with E-state index in [0.29, 0.717) is 48.8 Å². The lowest BCUT2D eigenvalue weighted by Crippen LogP contribution is -2.45. The van der Waals surface area contributed by atoms with Crippen molar-refractivity contribution in [2.75, 3.05) is 36.5 Å². The molecule has 140 valence electrons. The summed E-state index contributed by atoms with van der Waals surface area (Å²) in [5.74, 6) is -0.126. The lowest BCUT2D eigenvalue weighted by molar-refractivity contribution is 0.0545. The van der Waals surface area contributed by atoms with Crippen molar-refractivity contribution in [3.8, 4) is 0 Å². The Labute approximate surface area is 156 Å². The van der Waals surface area contributed by atoms with Gasteiger partial charge in [0.05, 0.1) is 24.6 Å². The van der Waals surface area contributed by atoms with Crippen LogP contribution in [0.15, 0.2) is 48.5 Å². The van der Waals surface area contributed by atoms with Crippen molar-refractivity contribution in [2.24, 2.45) is 0 Å². The fraction of sp³-hybridized carbons (Fsp3) is 0.222. The molecule has 2 heterocycles. The highest BCUT2D eigenvalue weighted by Gasteiger charge is 2.34. The van der Waals surface area contributed by atoms with Gasteiger partial charge < -0.3 is 19.8 Å². The van der Waals surface area contributed by atoms with Crippen LogP contribution in [-0.4, -0.2) is 43.0 Å². The molecule has 4 rings (SSSR count). The molecular weight excluding hydrogens is 367 g/mol. The van der Waals surface area contributed by atoms with Gasteiger partial charge in [0.2, 0.25) is 0 Å². The van der Waals surface area contributed by atoms with Crippen molar-refractivity contribution >= 4 is 30.8 Å². The molecule has 2 amide bonds. The number of anilines is 2. The summed E-state index contributed by atoms with van der Waals surface area (Å²) in [4.78, 5) is 26.5. The number of nitrogens with one attached hydrogen (secondary N) is 3. The van der Waals surface area contributed by atoms with E-state index in [-0.39, 0.29) is 5.78 Å². The van der Waals surface area contributed by atoms with Gasteiger partial charge in [-0.25, -0.2) is 4.79 Å². The van der Waals surface area contributed by atoms with Crippen LogP contribution >= 0.6 is 7.59 Å². The van der Waals surface area contributed by atoms with Gasteiger partial charge in [-0.1, -0.05) is 30.3 Å². The van der Waals surface area contributed by atoms with Crippen LogP contribution in [0.1, 0.15) is 15.9 Å². The summed E-state index contributed by atoms with van der Waals surface area (Å²) in [5, 5.41) is 8.19. The van der Waals surface area contributed by atoms with E-state index in [9.17, 15) is 14.2 Å². The second-order valence-corrected chi connectivity index (χ2v) is 8.19. The van der Waals surface area contributed by atoms with Crippen molar-refractivity contribution in [3.05, 3.63) is 59.7 Å². The van der Waals surface area contributed by atoms with E-state index in [2.05, 4.69) is 15.3 Å². The Balaban J connectivity index is 1.49. The van der Waals surface area contributed by atoms with Crippen LogP contribution in [0.5, 0.6) is 0 Å². The summed E-state index contributed by atoms with van der Waals surface area (Å²) in [6, 6.07) is 13.5. The van der Waals surface area contributed by atoms with Crippen molar-refractivity contribution in [1.29, 1.82) is 0 Å². The van der Waals surface area contributed by atoms with Crippen LogP contribution in [0.2, 0.25) is 0 Å². The quantitative estimate of drug-likeness (QED) is 0.554. The fourth-order valence-corrected chi connectivity index (χ4v) is 4.66. The molecule has 9 heteroatoms. The standard InChI is InChI=1S/C18H19N4O4P/c23-17(13-4-2-1-3-5-13)14-6-7-15-16(12-14)20-27(25,19-15)21-18(24)22-8-10-26-11-9-22/h1-7,12H,8-11H2,(H3,19,20,21,24,25).